The van der Waals surface area contributed by atoms with E-state index >= 15 is 0 Å². The number of quaternary nitrogens is 1. The average Bonchev–Trinajstić information content (AvgIpc) is 2.65. The SMILES string of the molecule is OC12C[C@H]3C[C@@H](C1)CC([NH+]1CCCC1)(C3)C2. The van der Waals surface area contributed by atoms with Crippen LogP contribution in [-0.2, 0) is 0 Å². The number of aliphatic hydroxyl groups is 1. The smallest absolute Gasteiger partial charge is 0.101 e. The van der Waals surface area contributed by atoms with E-state index in [9.17, 15) is 5.11 Å². The van der Waals surface area contributed by atoms with E-state index in [1.807, 2.05) is 4.90 Å². The van der Waals surface area contributed by atoms with Gasteiger partial charge in [-0.15, -0.1) is 0 Å². The first-order valence-corrected chi connectivity index (χ1v) is 7.25. The van der Waals surface area contributed by atoms with Gasteiger partial charge in [0, 0.05) is 32.1 Å². The highest BCUT2D eigenvalue weighted by Gasteiger charge is 2.61. The van der Waals surface area contributed by atoms with Crippen molar-refractivity contribution in [1.29, 1.82) is 0 Å². The Kier molecular flexibility index (Phi) is 1.87. The molecule has 2 N–H and O–H groups in total. The van der Waals surface area contributed by atoms with Gasteiger partial charge in [0.2, 0.25) is 0 Å². The Morgan fingerprint density at radius 3 is 2.12 bits per heavy atom. The maximum absolute atomic E-state index is 10.7. The number of hydrogen-bond acceptors (Lipinski definition) is 1. The van der Waals surface area contributed by atoms with Crippen molar-refractivity contribution < 1.29 is 10.0 Å². The van der Waals surface area contributed by atoms with Crippen molar-refractivity contribution in [3.05, 3.63) is 0 Å². The summed E-state index contributed by atoms with van der Waals surface area (Å²) in [5, 5.41) is 10.7. The van der Waals surface area contributed by atoms with Crippen molar-refractivity contribution in [3.63, 3.8) is 0 Å². The molecule has 4 saturated carbocycles. The molecule has 4 aliphatic carbocycles. The minimum absolute atomic E-state index is 0.250. The first-order chi connectivity index (χ1) is 7.68. The van der Waals surface area contributed by atoms with Crippen LogP contribution in [0.25, 0.3) is 0 Å². The molecular weight excluding hydrogens is 198 g/mol. The second kappa shape index (κ2) is 3.02. The predicted molar refractivity (Wildman–Crippen MR) is 62.3 cm³/mol. The predicted octanol–water partition coefficient (Wildman–Crippen LogP) is 0.749. The zero-order valence-electron chi connectivity index (χ0n) is 10.2. The Bertz CT molecular complexity index is 294. The van der Waals surface area contributed by atoms with Gasteiger partial charge in [-0.05, 0) is 31.1 Å². The fraction of sp³-hybridized carbons (Fsp3) is 1.00. The standard InChI is InChI=1S/C14H23NO/c16-14-8-11-5-12(9-14)7-13(6-11,10-14)15-3-1-2-4-15/h11-12,16H,1-10H2/p+1/t11-,12+,13?,14?. The van der Waals surface area contributed by atoms with Crippen LogP contribution in [0.2, 0.25) is 0 Å². The van der Waals surface area contributed by atoms with E-state index in [1.165, 1.54) is 45.2 Å². The van der Waals surface area contributed by atoms with E-state index in [0.717, 1.165) is 31.1 Å². The molecule has 0 aromatic carbocycles. The van der Waals surface area contributed by atoms with Crippen LogP contribution in [0.4, 0.5) is 0 Å². The van der Waals surface area contributed by atoms with Crippen molar-refractivity contribution >= 4 is 0 Å². The monoisotopic (exact) mass is 222 g/mol. The molecular formula is C14H24NO+. The second-order valence-electron chi connectivity index (χ2n) is 7.28. The van der Waals surface area contributed by atoms with Crippen LogP contribution in [0, 0.1) is 11.8 Å². The number of nitrogens with one attached hydrogen (secondary N) is 1. The van der Waals surface area contributed by atoms with E-state index in [1.54, 1.807) is 0 Å². The van der Waals surface area contributed by atoms with Gasteiger partial charge in [-0.3, -0.25) is 0 Å². The Hall–Kier alpha value is -0.0800. The van der Waals surface area contributed by atoms with Gasteiger partial charge >= 0.3 is 0 Å². The van der Waals surface area contributed by atoms with Crippen molar-refractivity contribution in [2.24, 2.45) is 11.8 Å². The molecule has 2 heteroatoms. The molecule has 2 unspecified atom stereocenters. The third kappa shape index (κ3) is 1.26. The largest absolute Gasteiger partial charge is 0.390 e. The highest BCUT2D eigenvalue weighted by Crippen LogP contribution is 2.56. The summed E-state index contributed by atoms with van der Waals surface area (Å²) >= 11 is 0. The van der Waals surface area contributed by atoms with Gasteiger partial charge in [-0.25, -0.2) is 0 Å². The fourth-order valence-corrected chi connectivity index (χ4v) is 5.96. The van der Waals surface area contributed by atoms with E-state index in [4.69, 9.17) is 0 Å². The molecule has 0 aromatic heterocycles. The topological polar surface area (TPSA) is 24.7 Å². The highest BCUT2D eigenvalue weighted by molar-refractivity contribution is 5.09. The summed E-state index contributed by atoms with van der Waals surface area (Å²) in [6, 6.07) is 0. The van der Waals surface area contributed by atoms with Crippen molar-refractivity contribution in [1.82, 2.24) is 0 Å². The molecule has 4 atom stereocenters. The van der Waals surface area contributed by atoms with Gasteiger partial charge in [0.15, 0.2) is 0 Å². The van der Waals surface area contributed by atoms with Crippen LogP contribution in [0.5, 0.6) is 0 Å². The van der Waals surface area contributed by atoms with Crippen LogP contribution in [0.3, 0.4) is 0 Å². The summed E-state index contributed by atoms with van der Waals surface area (Å²) in [7, 11) is 0. The maximum atomic E-state index is 10.7. The van der Waals surface area contributed by atoms with Crippen LogP contribution >= 0.6 is 0 Å². The molecule has 0 amide bonds. The van der Waals surface area contributed by atoms with Crippen LogP contribution < -0.4 is 4.90 Å². The third-order valence-corrected chi connectivity index (χ3v) is 5.99. The lowest BCUT2D eigenvalue weighted by Crippen LogP contribution is -3.20. The fourth-order valence-electron chi connectivity index (χ4n) is 5.96. The first kappa shape index (κ1) is 9.90. The lowest BCUT2D eigenvalue weighted by Gasteiger charge is -2.60. The molecule has 4 bridgehead atoms. The molecule has 5 fully saturated rings. The van der Waals surface area contributed by atoms with E-state index < -0.39 is 0 Å². The number of rotatable bonds is 1. The molecule has 1 heterocycles. The minimum atomic E-state index is -0.250. The number of hydrogen-bond donors (Lipinski definition) is 2. The van der Waals surface area contributed by atoms with Crippen LogP contribution in [0.1, 0.15) is 51.4 Å². The minimum Gasteiger partial charge on any atom is -0.390 e. The number of likely N-dealkylation sites (tertiary alicyclic amines) is 1. The Morgan fingerprint density at radius 1 is 0.938 bits per heavy atom. The highest BCUT2D eigenvalue weighted by atomic mass is 16.3. The van der Waals surface area contributed by atoms with E-state index in [-0.39, 0.29) is 5.60 Å². The zero-order chi connectivity index (χ0) is 10.8. The molecule has 1 saturated heterocycles. The lowest BCUT2D eigenvalue weighted by atomic mass is 9.50. The van der Waals surface area contributed by atoms with Crippen molar-refractivity contribution in [2.45, 2.75) is 62.5 Å². The molecule has 90 valence electrons. The molecule has 16 heavy (non-hydrogen) atoms. The van der Waals surface area contributed by atoms with Gasteiger partial charge in [0.1, 0.15) is 5.54 Å². The molecule has 0 aromatic rings. The van der Waals surface area contributed by atoms with Gasteiger partial charge in [-0.2, -0.15) is 0 Å². The van der Waals surface area contributed by atoms with E-state index in [2.05, 4.69) is 0 Å². The quantitative estimate of drug-likeness (QED) is 0.672. The maximum Gasteiger partial charge on any atom is 0.101 e. The summed E-state index contributed by atoms with van der Waals surface area (Å²) in [5.74, 6) is 1.72. The Labute approximate surface area is 98.0 Å². The summed E-state index contributed by atoms with van der Waals surface area (Å²) in [5.41, 5.74) is 0.259. The summed E-state index contributed by atoms with van der Waals surface area (Å²) in [4.78, 5) is 1.86. The van der Waals surface area contributed by atoms with Gasteiger partial charge in [0.05, 0.1) is 18.7 Å². The third-order valence-electron chi connectivity index (χ3n) is 5.99. The molecule has 5 aliphatic rings. The second-order valence-corrected chi connectivity index (χ2v) is 7.28. The van der Waals surface area contributed by atoms with Crippen molar-refractivity contribution in [3.8, 4) is 0 Å². The Morgan fingerprint density at radius 2 is 1.56 bits per heavy atom. The van der Waals surface area contributed by atoms with Crippen molar-refractivity contribution in [2.75, 3.05) is 13.1 Å². The zero-order valence-corrected chi connectivity index (χ0v) is 10.2. The van der Waals surface area contributed by atoms with Crippen LogP contribution in [0.15, 0.2) is 0 Å². The molecule has 0 spiro atoms. The average molecular weight is 222 g/mol. The van der Waals surface area contributed by atoms with Gasteiger partial charge in [-0.1, -0.05) is 0 Å². The summed E-state index contributed by atoms with van der Waals surface area (Å²) < 4.78 is 0. The molecule has 0 radical (unpaired) electrons. The van der Waals surface area contributed by atoms with Crippen LogP contribution in [-0.4, -0.2) is 29.3 Å². The first-order valence-electron chi connectivity index (χ1n) is 7.25. The van der Waals surface area contributed by atoms with E-state index in [0.29, 0.717) is 5.54 Å². The summed E-state index contributed by atoms with van der Waals surface area (Å²) in [6.07, 6.45) is 10.5. The molecule has 2 nitrogen and oxygen atoms in total. The molecule has 5 rings (SSSR count). The lowest BCUT2D eigenvalue weighted by molar-refractivity contribution is -0.948. The normalized spacial score (nSPS) is 56.1. The van der Waals surface area contributed by atoms with Gasteiger partial charge in [0.25, 0.3) is 0 Å². The molecule has 1 aliphatic heterocycles. The summed E-state index contributed by atoms with van der Waals surface area (Å²) in [6.45, 7) is 2.77. The Balaban J connectivity index is 1.68. The van der Waals surface area contributed by atoms with Gasteiger partial charge < -0.3 is 10.0 Å².